The third-order valence-electron chi connectivity index (χ3n) is 7.11. The Morgan fingerprint density at radius 2 is 1.68 bits per heavy atom. The number of nitrogens with zero attached hydrogens (tertiary/aromatic N) is 5. The van der Waals surface area contributed by atoms with Gasteiger partial charge in [-0.3, -0.25) is 4.90 Å². The van der Waals surface area contributed by atoms with Crippen LogP contribution in [0.5, 0.6) is 0 Å². The molecule has 0 saturated carbocycles. The molecule has 0 spiro atoms. The van der Waals surface area contributed by atoms with Gasteiger partial charge in [-0.15, -0.1) is 0 Å². The van der Waals surface area contributed by atoms with Crippen molar-refractivity contribution in [1.82, 2.24) is 24.4 Å². The Morgan fingerprint density at radius 3 is 2.41 bits per heavy atom. The van der Waals surface area contributed by atoms with Gasteiger partial charge in [0.15, 0.2) is 5.82 Å². The molecule has 2 atom stereocenters. The molecule has 37 heavy (non-hydrogen) atoms. The van der Waals surface area contributed by atoms with Crippen LogP contribution in [-0.4, -0.2) is 62.9 Å². The van der Waals surface area contributed by atoms with Crippen molar-refractivity contribution < 1.29 is 22.6 Å². The number of anilines is 2. The van der Waals surface area contributed by atoms with E-state index in [0.717, 1.165) is 30.9 Å². The minimum Gasteiger partial charge on any atom is -0.381 e. The average Bonchev–Trinajstić information content (AvgIpc) is 3.27. The summed E-state index contributed by atoms with van der Waals surface area (Å²) in [5, 5.41) is 2.72. The van der Waals surface area contributed by atoms with Gasteiger partial charge in [0.1, 0.15) is 23.2 Å². The van der Waals surface area contributed by atoms with Gasteiger partial charge in [-0.05, 0) is 39.7 Å². The SMILES string of the molecule is Cc1ncc(-c2nc(Nc3cc(F)c(CN4[C@@H](C)COC[C@@H]4C)cc3F)ncc2F)n1C1CCOCC1. The summed E-state index contributed by atoms with van der Waals surface area (Å²) in [5.74, 6) is -1.14. The second-order valence-electron chi connectivity index (χ2n) is 9.75. The number of hydrogen-bond acceptors (Lipinski definition) is 7. The molecule has 8 nitrogen and oxygen atoms in total. The molecule has 11 heteroatoms. The molecule has 198 valence electrons. The lowest BCUT2D eigenvalue weighted by Crippen LogP contribution is -2.48. The Hall–Kier alpha value is -3.02. The van der Waals surface area contributed by atoms with Crippen LogP contribution in [0.1, 0.15) is 44.1 Å². The second-order valence-corrected chi connectivity index (χ2v) is 9.75. The monoisotopic (exact) mass is 516 g/mol. The first-order valence-electron chi connectivity index (χ1n) is 12.5. The van der Waals surface area contributed by atoms with E-state index in [-0.39, 0.29) is 47.6 Å². The fraction of sp³-hybridized carbons (Fsp3) is 0.500. The van der Waals surface area contributed by atoms with Crippen molar-refractivity contribution in [3.05, 3.63) is 53.4 Å². The zero-order valence-corrected chi connectivity index (χ0v) is 21.2. The number of rotatable bonds is 6. The Balaban J connectivity index is 1.40. The first-order valence-corrected chi connectivity index (χ1v) is 12.5. The van der Waals surface area contributed by atoms with Crippen molar-refractivity contribution in [2.75, 3.05) is 31.7 Å². The summed E-state index contributed by atoms with van der Waals surface area (Å²) >= 11 is 0. The van der Waals surface area contributed by atoms with Gasteiger partial charge in [0.05, 0.1) is 37.0 Å². The molecule has 1 N–H and O–H groups in total. The molecule has 2 fully saturated rings. The van der Waals surface area contributed by atoms with Gasteiger partial charge < -0.3 is 19.4 Å². The molecule has 5 rings (SSSR count). The molecule has 2 aliphatic heterocycles. The molecule has 0 unspecified atom stereocenters. The van der Waals surface area contributed by atoms with Gasteiger partial charge >= 0.3 is 0 Å². The van der Waals surface area contributed by atoms with E-state index in [9.17, 15) is 4.39 Å². The number of benzene rings is 1. The molecule has 0 aliphatic carbocycles. The predicted octanol–water partition coefficient (Wildman–Crippen LogP) is 4.77. The Kier molecular flexibility index (Phi) is 7.45. The van der Waals surface area contributed by atoms with Gasteiger partial charge in [-0.1, -0.05) is 0 Å². The lowest BCUT2D eigenvalue weighted by molar-refractivity contribution is -0.0413. The molecular formula is C26H31F3N6O2. The van der Waals surface area contributed by atoms with Crippen LogP contribution >= 0.6 is 0 Å². The summed E-state index contributed by atoms with van der Waals surface area (Å²) in [6.45, 7) is 8.45. The standard InChI is InChI=1S/C26H31F3N6O2/c1-15-13-37-14-16(2)34(15)12-18-8-21(28)23(9-20(18)27)32-26-31-10-22(29)25(33-26)24-11-30-17(3)35(24)19-4-6-36-7-5-19/h8-11,15-16,19H,4-7,12-14H2,1-3H3,(H,31,32,33)/t15-,16-/m0/s1. The molecule has 2 saturated heterocycles. The van der Waals surface area contributed by atoms with E-state index < -0.39 is 17.5 Å². The molecule has 2 aromatic heterocycles. The fourth-order valence-corrected chi connectivity index (χ4v) is 5.11. The molecule has 0 bridgehead atoms. The number of imidazole rings is 1. The van der Waals surface area contributed by atoms with Crippen molar-refractivity contribution in [1.29, 1.82) is 0 Å². The summed E-state index contributed by atoms with van der Waals surface area (Å²) in [5.41, 5.74) is 0.664. The van der Waals surface area contributed by atoms with Gasteiger partial charge in [0.25, 0.3) is 0 Å². The third-order valence-corrected chi connectivity index (χ3v) is 7.11. The number of halogens is 3. The highest BCUT2D eigenvalue weighted by Gasteiger charge is 2.27. The average molecular weight is 517 g/mol. The van der Waals surface area contributed by atoms with Gasteiger partial charge in [-0.25, -0.2) is 28.1 Å². The van der Waals surface area contributed by atoms with Gasteiger partial charge in [0.2, 0.25) is 5.95 Å². The molecule has 2 aliphatic rings. The van der Waals surface area contributed by atoms with E-state index >= 15 is 8.78 Å². The summed E-state index contributed by atoms with van der Waals surface area (Å²) < 4.78 is 57.9. The molecule has 0 radical (unpaired) electrons. The van der Waals surface area contributed by atoms with E-state index in [1.54, 1.807) is 6.20 Å². The highest BCUT2D eigenvalue weighted by Crippen LogP contribution is 2.31. The Morgan fingerprint density at radius 1 is 0.946 bits per heavy atom. The summed E-state index contributed by atoms with van der Waals surface area (Å²) in [6.07, 6.45) is 4.15. The first kappa shape index (κ1) is 25.6. The van der Waals surface area contributed by atoms with E-state index in [1.165, 1.54) is 6.07 Å². The zero-order valence-electron chi connectivity index (χ0n) is 21.2. The van der Waals surface area contributed by atoms with Crippen molar-refractivity contribution >= 4 is 11.6 Å². The summed E-state index contributed by atoms with van der Waals surface area (Å²) in [4.78, 5) is 14.7. The van der Waals surface area contributed by atoms with Crippen molar-refractivity contribution in [2.45, 2.75) is 58.3 Å². The fourth-order valence-electron chi connectivity index (χ4n) is 5.11. The molecule has 4 heterocycles. The van der Waals surface area contributed by atoms with Gasteiger partial charge in [0, 0.05) is 49.5 Å². The van der Waals surface area contributed by atoms with Crippen LogP contribution in [0.3, 0.4) is 0 Å². The number of morpholine rings is 1. The number of aromatic nitrogens is 4. The van der Waals surface area contributed by atoms with E-state index in [0.29, 0.717) is 32.1 Å². The molecule has 1 aromatic carbocycles. The maximum Gasteiger partial charge on any atom is 0.228 e. The zero-order chi connectivity index (χ0) is 26.1. The third kappa shape index (κ3) is 5.34. The minimum atomic E-state index is -0.650. The Labute approximate surface area is 213 Å². The maximum atomic E-state index is 15.0. The highest BCUT2D eigenvalue weighted by atomic mass is 19.1. The van der Waals surface area contributed by atoms with E-state index in [1.807, 2.05) is 25.3 Å². The summed E-state index contributed by atoms with van der Waals surface area (Å²) in [7, 11) is 0. The molecular weight excluding hydrogens is 485 g/mol. The van der Waals surface area contributed by atoms with Crippen LogP contribution in [0.15, 0.2) is 24.5 Å². The molecule has 3 aromatic rings. The summed E-state index contributed by atoms with van der Waals surface area (Å²) in [6, 6.07) is 2.55. The van der Waals surface area contributed by atoms with Gasteiger partial charge in [-0.2, -0.15) is 0 Å². The Bertz CT molecular complexity index is 1250. The lowest BCUT2D eigenvalue weighted by Gasteiger charge is -2.38. The number of nitrogens with one attached hydrogen (secondary N) is 1. The second kappa shape index (κ2) is 10.8. The minimum absolute atomic E-state index is 0.0392. The van der Waals surface area contributed by atoms with E-state index in [2.05, 4.69) is 25.2 Å². The number of ether oxygens (including phenoxy) is 2. The maximum absolute atomic E-state index is 15.0. The van der Waals surface area contributed by atoms with Crippen LogP contribution in [-0.2, 0) is 16.0 Å². The molecule has 0 amide bonds. The van der Waals surface area contributed by atoms with Crippen LogP contribution in [0.4, 0.5) is 24.8 Å². The van der Waals surface area contributed by atoms with Crippen LogP contribution in [0.2, 0.25) is 0 Å². The topological polar surface area (TPSA) is 77.3 Å². The van der Waals surface area contributed by atoms with Crippen molar-refractivity contribution in [3.63, 3.8) is 0 Å². The quantitative estimate of drug-likeness (QED) is 0.506. The number of aryl methyl sites for hydroxylation is 1. The smallest absolute Gasteiger partial charge is 0.228 e. The van der Waals surface area contributed by atoms with Crippen molar-refractivity contribution in [3.8, 4) is 11.4 Å². The normalized spacial score (nSPS) is 21.4. The van der Waals surface area contributed by atoms with Crippen LogP contribution in [0.25, 0.3) is 11.4 Å². The van der Waals surface area contributed by atoms with Crippen LogP contribution < -0.4 is 5.32 Å². The first-order chi connectivity index (χ1) is 17.8. The largest absolute Gasteiger partial charge is 0.381 e. The lowest BCUT2D eigenvalue weighted by atomic mass is 10.1. The van der Waals surface area contributed by atoms with Crippen molar-refractivity contribution in [2.24, 2.45) is 0 Å². The predicted molar refractivity (Wildman–Crippen MR) is 132 cm³/mol. The van der Waals surface area contributed by atoms with Crippen LogP contribution in [0, 0.1) is 24.4 Å². The number of hydrogen-bond donors (Lipinski definition) is 1. The van der Waals surface area contributed by atoms with E-state index in [4.69, 9.17) is 9.47 Å². The highest BCUT2D eigenvalue weighted by molar-refractivity contribution is 5.60.